The third kappa shape index (κ3) is 6.35. The quantitative estimate of drug-likeness (QED) is 0.310. The van der Waals surface area contributed by atoms with Gasteiger partial charge in [0.05, 0.1) is 7.11 Å². The van der Waals surface area contributed by atoms with Gasteiger partial charge in [0.15, 0.2) is 0 Å². The molecule has 0 aliphatic carbocycles. The normalized spacial score (nSPS) is 10.8. The minimum atomic E-state index is -0.514. The van der Waals surface area contributed by atoms with Gasteiger partial charge in [-0.3, -0.25) is 4.79 Å². The van der Waals surface area contributed by atoms with Crippen LogP contribution in [0, 0.1) is 11.3 Å². The highest BCUT2D eigenvalue weighted by Gasteiger charge is 2.12. The standard InChI is InChI=1S/C24H18BrClN2O3/c1-30-23-11-4-19(25)13-17(23)12-18(14-27)24(29)28-21-7-9-22(10-8-21)31-15-16-2-5-20(26)6-3-16/h2-13H,15H2,1H3,(H,28,29)/b18-12+. The van der Waals surface area contributed by atoms with Crippen LogP contribution < -0.4 is 14.8 Å². The maximum Gasteiger partial charge on any atom is 0.266 e. The van der Waals surface area contributed by atoms with E-state index in [1.54, 1.807) is 36.4 Å². The molecule has 0 atom stereocenters. The lowest BCUT2D eigenvalue weighted by atomic mass is 10.1. The number of hydrogen-bond acceptors (Lipinski definition) is 4. The highest BCUT2D eigenvalue weighted by molar-refractivity contribution is 9.10. The monoisotopic (exact) mass is 496 g/mol. The van der Waals surface area contributed by atoms with Gasteiger partial charge in [0.2, 0.25) is 0 Å². The molecule has 0 aliphatic rings. The van der Waals surface area contributed by atoms with Crippen molar-refractivity contribution in [3.05, 3.63) is 92.9 Å². The molecule has 0 saturated heterocycles. The first kappa shape index (κ1) is 22.4. The molecule has 3 aromatic rings. The Morgan fingerprint density at radius 3 is 2.48 bits per heavy atom. The molecular weight excluding hydrogens is 480 g/mol. The molecule has 0 unspecified atom stereocenters. The zero-order valence-corrected chi connectivity index (χ0v) is 18.9. The van der Waals surface area contributed by atoms with Crippen molar-refractivity contribution in [1.29, 1.82) is 5.26 Å². The van der Waals surface area contributed by atoms with Gasteiger partial charge < -0.3 is 14.8 Å². The Morgan fingerprint density at radius 1 is 1.13 bits per heavy atom. The van der Waals surface area contributed by atoms with E-state index in [1.807, 2.05) is 36.4 Å². The molecule has 31 heavy (non-hydrogen) atoms. The Balaban J connectivity index is 1.66. The number of anilines is 1. The largest absolute Gasteiger partial charge is 0.496 e. The fourth-order valence-corrected chi connectivity index (χ4v) is 3.21. The lowest BCUT2D eigenvalue weighted by Gasteiger charge is -2.09. The Morgan fingerprint density at radius 2 is 1.84 bits per heavy atom. The van der Waals surface area contributed by atoms with Crippen molar-refractivity contribution in [1.82, 2.24) is 0 Å². The van der Waals surface area contributed by atoms with Crippen LogP contribution in [0.3, 0.4) is 0 Å². The molecule has 3 aromatic carbocycles. The van der Waals surface area contributed by atoms with Crippen LogP contribution in [0.4, 0.5) is 5.69 Å². The van der Waals surface area contributed by atoms with Crippen LogP contribution in [0.1, 0.15) is 11.1 Å². The summed E-state index contributed by atoms with van der Waals surface area (Å²) in [6, 6.07) is 21.6. The Kier molecular flexibility index (Phi) is 7.71. The number of rotatable bonds is 7. The molecular formula is C24H18BrClN2O3. The molecule has 7 heteroatoms. The second kappa shape index (κ2) is 10.7. The van der Waals surface area contributed by atoms with E-state index >= 15 is 0 Å². The second-order valence-corrected chi connectivity index (χ2v) is 7.80. The Labute approximate surface area is 194 Å². The third-order valence-corrected chi connectivity index (χ3v) is 5.03. The zero-order chi connectivity index (χ0) is 22.2. The molecule has 0 saturated carbocycles. The maximum atomic E-state index is 12.6. The van der Waals surface area contributed by atoms with Gasteiger partial charge in [-0.2, -0.15) is 5.26 Å². The summed E-state index contributed by atoms with van der Waals surface area (Å²) < 4.78 is 11.8. The van der Waals surface area contributed by atoms with E-state index in [-0.39, 0.29) is 5.57 Å². The molecule has 0 aliphatic heterocycles. The number of methoxy groups -OCH3 is 1. The summed E-state index contributed by atoms with van der Waals surface area (Å²) in [7, 11) is 1.53. The highest BCUT2D eigenvalue weighted by Crippen LogP contribution is 2.26. The van der Waals surface area contributed by atoms with Crippen LogP contribution >= 0.6 is 27.5 Å². The average molecular weight is 498 g/mol. The van der Waals surface area contributed by atoms with Gasteiger partial charge in [0, 0.05) is 20.7 Å². The number of nitrogens with one attached hydrogen (secondary N) is 1. The van der Waals surface area contributed by atoms with E-state index in [1.165, 1.54) is 13.2 Å². The van der Waals surface area contributed by atoms with Gasteiger partial charge in [0.25, 0.3) is 5.91 Å². The smallest absolute Gasteiger partial charge is 0.266 e. The molecule has 0 bridgehead atoms. The Hall–Kier alpha value is -3.27. The molecule has 3 rings (SSSR count). The van der Waals surface area contributed by atoms with E-state index in [9.17, 15) is 10.1 Å². The van der Waals surface area contributed by atoms with Crippen molar-refractivity contribution in [2.75, 3.05) is 12.4 Å². The lowest BCUT2D eigenvalue weighted by molar-refractivity contribution is -0.112. The van der Waals surface area contributed by atoms with Crippen LogP contribution in [0.15, 0.2) is 76.8 Å². The van der Waals surface area contributed by atoms with Gasteiger partial charge in [0.1, 0.15) is 29.7 Å². The van der Waals surface area contributed by atoms with Gasteiger partial charge in [-0.1, -0.05) is 39.7 Å². The van der Waals surface area contributed by atoms with Gasteiger partial charge >= 0.3 is 0 Å². The number of carbonyl (C=O) groups excluding carboxylic acids is 1. The van der Waals surface area contributed by atoms with Crippen molar-refractivity contribution in [3.63, 3.8) is 0 Å². The van der Waals surface area contributed by atoms with Crippen LogP contribution in [0.5, 0.6) is 11.5 Å². The number of amides is 1. The predicted octanol–water partition coefficient (Wildman–Crippen LogP) is 6.24. The van der Waals surface area contributed by atoms with Crippen molar-refractivity contribution < 1.29 is 14.3 Å². The summed E-state index contributed by atoms with van der Waals surface area (Å²) in [5, 5.41) is 12.8. The van der Waals surface area contributed by atoms with E-state index in [2.05, 4.69) is 21.2 Å². The average Bonchev–Trinajstić information content (AvgIpc) is 2.78. The molecule has 0 aromatic heterocycles. The summed E-state index contributed by atoms with van der Waals surface area (Å²) >= 11 is 9.26. The minimum Gasteiger partial charge on any atom is -0.496 e. The summed E-state index contributed by atoms with van der Waals surface area (Å²) in [5.74, 6) is 0.702. The number of nitrogens with zero attached hydrogens (tertiary/aromatic N) is 1. The minimum absolute atomic E-state index is 0.0422. The first-order valence-electron chi connectivity index (χ1n) is 9.22. The van der Waals surface area contributed by atoms with Crippen LogP contribution in [-0.4, -0.2) is 13.0 Å². The number of ether oxygens (including phenoxy) is 2. The fourth-order valence-electron chi connectivity index (χ4n) is 2.70. The molecule has 1 N–H and O–H groups in total. The molecule has 156 valence electrons. The predicted molar refractivity (Wildman–Crippen MR) is 125 cm³/mol. The van der Waals surface area contributed by atoms with Gasteiger partial charge in [-0.15, -0.1) is 0 Å². The third-order valence-electron chi connectivity index (χ3n) is 4.29. The molecule has 0 fully saturated rings. The summed E-state index contributed by atoms with van der Waals surface area (Å²) in [6.45, 7) is 0.401. The molecule has 1 amide bonds. The van der Waals surface area contributed by atoms with E-state index in [0.29, 0.717) is 34.4 Å². The molecule has 0 heterocycles. The summed E-state index contributed by atoms with van der Waals surface area (Å²) in [4.78, 5) is 12.6. The van der Waals surface area contributed by atoms with E-state index in [4.69, 9.17) is 21.1 Å². The fraction of sp³-hybridized carbons (Fsp3) is 0.0833. The molecule has 0 spiro atoms. The summed E-state index contributed by atoms with van der Waals surface area (Å²) in [6.07, 6.45) is 1.49. The maximum absolute atomic E-state index is 12.6. The molecule has 0 radical (unpaired) electrons. The number of carbonyl (C=O) groups is 1. The lowest BCUT2D eigenvalue weighted by Crippen LogP contribution is -2.13. The SMILES string of the molecule is COc1ccc(Br)cc1/C=C(\C#N)C(=O)Nc1ccc(OCc2ccc(Cl)cc2)cc1. The highest BCUT2D eigenvalue weighted by atomic mass is 79.9. The van der Waals surface area contributed by atoms with Gasteiger partial charge in [-0.25, -0.2) is 0 Å². The van der Waals surface area contributed by atoms with Crippen LogP contribution in [0.2, 0.25) is 5.02 Å². The summed E-state index contributed by atoms with van der Waals surface area (Å²) in [5.41, 5.74) is 2.12. The number of benzene rings is 3. The van der Waals surface area contributed by atoms with Crippen molar-refractivity contribution >= 4 is 45.2 Å². The molecule has 5 nitrogen and oxygen atoms in total. The number of hydrogen-bond donors (Lipinski definition) is 1. The first-order chi connectivity index (χ1) is 15.0. The van der Waals surface area contributed by atoms with Crippen LogP contribution in [0.25, 0.3) is 6.08 Å². The first-order valence-corrected chi connectivity index (χ1v) is 10.4. The second-order valence-electron chi connectivity index (χ2n) is 6.45. The van der Waals surface area contributed by atoms with Crippen LogP contribution in [-0.2, 0) is 11.4 Å². The van der Waals surface area contributed by atoms with Crippen molar-refractivity contribution in [2.24, 2.45) is 0 Å². The van der Waals surface area contributed by atoms with Gasteiger partial charge in [-0.05, 0) is 66.2 Å². The van der Waals surface area contributed by atoms with E-state index < -0.39 is 5.91 Å². The number of nitriles is 1. The number of halogens is 2. The van der Waals surface area contributed by atoms with Crippen molar-refractivity contribution in [3.8, 4) is 17.6 Å². The Bertz CT molecular complexity index is 1140. The van der Waals surface area contributed by atoms with Crippen molar-refractivity contribution in [2.45, 2.75) is 6.61 Å². The van der Waals surface area contributed by atoms with E-state index in [0.717, 1.165) is 10.0 Å². The zero-order valence-electron chi connectivity index (χ0n) is 16.6. The topological polar surface area (TPSA) is 71.3 Å².